The molecule has 1 saturated heterocycles. The van der Waals surface area contributed by atoms with Gasteiger partial charge in [0.25, 0.3) is 11.8 Å². The molecule has 2 amide bonds. The number of sulfonamides is 1. The summed E-state index contributed by atoms with van der Waals surface area (Å²) in [5.41, 5.74) is 4.83. The van der Waals surface area contributed by atoms with Crippen LogP contribution in [0, 0.1) is 0 Å². The molecule has 1 aromatic rings. The van der Waals surface area contributed by atoms with Gasteiger partial charge in [0.1, 0.15) is 11.8 Å². The molecule has 1 aliphatic heterocycles. The predicted molar refractivity (Wildman–Crippen MR) is 102 cm³/mol. The molecule has 2 rings (SSSR count). The highest BCUT2D eigenvalue weighted by Gasteiger charge is 2.36. The number of hydrogen-bond donors (Lipinski definition) is 2. The number of ether oxygens (including phenoxy) is 1. The monoisotopic (exact) mass is 417 g/mol. The Bertz CT molecular complexity index is 800. The Morgan fingerprint density at radius 1 is 1.30 bits per heavy atom. The lowest BCUT2D eigenvalue weighted by Crippen LogP contribution is -2.55. The molecule has 0 aliphatic carbocycles. The van der Waals surface area contributed by atoms with Crippen molar-refractivity contribution in [3.8, 4) is 5.75 Å². The highest BCUT2D eigenvalue weighted by Crippen LogP contribution is 2.23. The molecule has 1 aliphatic rings. The summed E-state index contributed by atoms with van der Waals surface area (Å²) in [6, 6.07) is 3.66. The van der Waals surface area contributed by atoms with Gasteiger partial charge in [0, 0.05) is 11.6 Å². The Hall–Kier alpha value is -1.84. The van der Waals surface area contributed by atoms with Crippen molar-refractivity contribution in [1.29, 1.82) is 0 Å². The third-order valence-electron chi connectivity index (χ3n) is 4.28. The minimum absolute atomic E-state index is 0.00882. The summed E-state index contributed by atoms with van der Waals surface area (Å²) in [7, 11) is -2.11. The second-order valence-electron chi connectivity index (χ2n) is 6.23. The van der Waals surface area contributed by atoms with Crippen LogP contribution in [0.15, 0.2) is 18.2 Å². The second kappa shape index (κ2) is 9.38. The molecule has 150 valence electrons. The van der Waals surface area contributed by atoms with Gasteiger partial charge >= 0.3 is 0 Å². The first-order valence-electron chi connectivity index (χ1n) is 8.73. The van der Waals surface area contributed by atoms with Crippen molar-refractivity contribution in [3.63, 3.8) is 0 Å². The Morgan fingerprint density at radius 2 is 2.04 bits per heavy atom. The molecule has 8 nitrogen and oxygen atoms in total. The van der Waals surface area contributed by atoms with Gasteiger partial charge in [-0.2, -0.15) is 4.31 Å². The number of halogens is 1. The van der Waals surface area contributed by atoms with E-state index in [1.807, 2.05) is 0 Å². The first-order valence-corrected chi connectivity index (χ1v) is 10.7. The average molecular weight is 418 g/mol. The summed E-state index contributed by atoms with van der Waals surface area (Å²) in [5, 5.41) is 0.409. The molecule has 1 fully saturated rings. The normalized spacial score (nSPS) is 18.0. The summed E-state index contributed by atoms with van der Waals surface area (Å²) < 4.78 is 31.2. The molecular formula is C17H24ClN3O5S. The standard InChI is InChI=1S/C17H24ClN3O5S/c1-3-10-27(24,25)21-9-5-4-6-14(21)17(23)20-19-16(22)13-8-7-12(18)11-15(13)26-2/h7-8,11,14H,3-6,9-10H2,1-2H3,(H,19,22)(H,20,23). The van der Waals surface area contributed by atoms with E-state index in [-0.39, 0.29) is 17.1 Å². The van der Waals surface area contributed by atoms with E-state index < -0.39 is 27.9 Å². The average Bonchev–Trinajstić information content (AvgIpc) is 2.65. The Kier molecular flexibility index (Phi) is 7.46. The van der Waals surface area contributed by atoms with Crippen LogP contribution in [-0.4, -0.2) is 50.0 Å². The van der Waals surface area contributed by atoms with Crippen LogP contribution in [0.3, 0.4) is 0 Å². The molecule has 0 saturated carbocycles. The fourth-order valence-electron chi connectivity index (χ4n) is 3.00. The SMILES string of the molecule is CCCS(=O)(=O)N1CCCCC1C(=O)NNC(=O)c1ccc(Cl)cc1OC. The first-order chi connectivity index (χ1) is 12.8. The molecule has 1 atom stereocenters. The van der Waals surface area contributed by atoms with E-state index in [9.17, 15) is 18.0 Å². The summed E-state index contributed by atoms with van der Waals surface area (Å²) >= 11 is 5.87. The fourth-order valence-corrected chi connectivity index (χ4v) is 4.91. The molecular weight excluding hydrogens is 394 g/mol. The van der Waals surface area contributed by atoms with Crippen LogP contribution < -0.4 is 15.6 Å². The van der Waals surface area contributed by atoms with E-state index in [4.69, 9.17) is 16.3 Å². The number of hydrazine groups is 1. The van der Waals surface area contributed by atoms with Crippen LogP contribution in [0.2, 0.25) is 5.02 Å². The Labute approximate surface area is 164 Å². The number of piperidine rings is 1. The number of methoxy groups -OCH3 is 1. The van der Waals surface area contributed by atoms with E-state index >= 15 is 0 Å². The quantitative estimate of drug-likeness (QED) is 0.685. The van der Waals surface area contributed by atoms with Crippen LogP contribution >= 0.6 is 11.6 Å². The molecule has 27 heavy (non-hydrogen) atoms. The Balaban J connectivity index is 2.06. The molecule has 1 aromatic carbocycles. The molecule has 1 unspecified atom stereocenters. The number of nitrogens with zero attached hydrogens (tertiary/aromatic N) is 1. The van der Waals surface area contributed by atoms with Crippen molar-refractivity contribution < 1.29 is 22.7 Å². The largest absolute Gasteiger partial charge is 0.496 e. The van der Waals surface area contributed by atoms with E-state index in [0.717, 1.165) is 6.42 Å². The minimum Gasteiger partial charge on any atom is -0.496 e. The van der Waals surface area contributed by atoms with Crippen molar-refractivity contribution in [2.75, 3.05) is 19.4 Å². The lowest BCUT2D eigenvalue weighted by Gasteiger charge is -2.33. The maximum absolute atomic E-state index is 12.5. The number of rotatable bonds is 6. The molecule has 1 heterocycles. The Morgan fingerprint density at radius 3 is 2.70 bits per heavy atom. The molecule has 0 spiro atoms. The highest BCUT2D eigenvalue weighted by atomic mass is 35.5. The van der Waals surface area contributed by atoms with E-state index in [1.54, 1.807) is 6.92 Å². The number of nitrogens with one attached hydrogen (secondary N) is 2. The lowest BCUT2D eigenvalue weighted by atomic mass is 10.0. The van der Waals surface area contributed by atoms with Gasteiger partial charge in [0.2, 0.25) is 10.0 Å². The van der Waals surface area contributed by atoms with Crippen LogP contribution in [0.25, 0.3) is 0 Å². The lowest BCUT2D eigenvalue weighted by molar-refractivity contribution is -0.126. The van der Waals surface area contributed by atoms with E-state index in [2.05, 4.69) is 10.9 Å². The maximum atomic E-state index is 12.5. The van der Waals surface area contributed by atoms with Gasteiger partial charge in [0.15, 0.2) is 0 Å². The zero-order valence-corrected chi connectivity index (χ0v) is 16.9. The topological polar surface area (TPSA) is 105 Å². The summed E-state index contributed by atoms with van der Waals surface area (Å²) in [5.74, 6) is -0.893. The predicted octanol–water partition coefficient (Wildman–Crippen LogP) is 1.70. The van der Waals surface area contributed by atoms with Crippen molar-refractivity contribution in [2.24, 2.45) is 0 Å². The zero-order chi connectivity index (χ0) is 20.0. The van der Waals surface area contributed by atoms with Crippen LogP contribution in [-0.2, 0) is 14.8 Å². The van der Waals surface area contributed by atoms with Crippen molar-refractivity contribution >= 4 is 33.4 Å². The first kappa shape index (κ1) is 21.5. The zero-order valence-electron chi connectivity index (χ0n) is 15.3. The second-order valence-corrected chi connectivity index (χ2v) is 8.70. The molecule has 2 N–H and O–H groups in total. The van der Waals surface area contributed by atoms with Gasteiger partial charge in [0.05, 0.1) is 18.4 Å². The number of carbonyl (C=O) groups excluding carboxylic acids is 2. The highest BCUT2D eigenvalue weighted by molar-refractivity contribution is 7.89. The number of carbonyl (C=O) groups is 2. The molecule has 0 aromatic heterocycles. The van der Waals surface area contributed by atoms with E-state index in [0.29, 0.717) is 30.8 Å². The fraction of sp³-hybridized carbons (Fsp3) is 0.529. The molecule has 0 radical (unpaired) electrons. The number of amides is 2. The van der Waals surface area contributed by atoms with Crippen LogP contribution in [0.1, 0.15) is 43.0 Å². The van der Waals surface area contributed by atoms with Crippen molar-refractivity contribution in [3.05, 3.63) is 28.8 Å². The van der Waals surface area contributed by atoms with Crippen molar-refractivity contribution in [1.82, 2.24) is 15.2 Å². The summed E-state index contributed by atoms with van der Waals surface area (Å²) in [6.07, 6.45) is 2.34. The van der Waals surface area contributed by atoms with Gasteiger partial charge in [-0.15, -0.1) is 0 Å². The summed E-state index contributed by atoms with van der Waals surface area (Å²) in [6.45, 7) is 2.08. The van der Waals surface area contributed by atoms with Crippen LogP contribution in [0.4, 0.5) is 0 Å². The molecule has 10 heteroatoms. The molecule has 0 bridgehead atoms. The smallest absolute Gasteiger partial charge is 0.273 e. The third kappa shape index (κ3) is 5.33. The van der Waals surface area contributed by atoms with Gasteiger partial charge in [-0.25, -0.2) is 8.42 Å². The number of hydrogen-bond acceptors (Lipinski definition) is 5. The van der Waals surface area contributed by atoms with E-state index in [1.165, 1.54) is 29.6 Å². The number of benzene rings is 1. The third-order valence-corrected chi connectivity index (χ3v) is 6.59. The van der Waals surface area contributed by atoms with Gasteiger partial charge < -0.3 is 4.74 Å². The van der Waals surface area contributed by atoms with Gasteiger partial charge in [-0.1, -0.05) is 24.9 Å². The summed E-state index contributed by atoms with van der Waals surface area (Å²) in [4.78, 5) is 24.8. The minimum atomic E-state index is -3.51. The van der Waals surface area contributed by atoms with Gasteiger partial charge in [-0.3, -0.25) is 20.4 Å². The maximum Gasteiger partial charge on any atom is 0.273 e. The van der Waals surface area contributed by atoms with Crippen molar-refractivity contribution in [2.45, 2.75) is 38.6 Å². The van der Waals surface area contributed by atoms with Gasteiger partial charge in [-0.05, 0) is 37.5 Å². The van der Waals surface area contributed by atoms with Crippen LogP contribution in [0.5, 0.6) is 5.75 Å².